The van der Waals surface area contributed by atoms with Crippen LogP contribution in [0.25, 0.3) is 0 Å². The minimum absolute atomic E-state index is 0.109. The van der Waals surface area contributed by atoms with Gasteiger partial charge in [-0.15, -0.1) is 0 Å². The van der Waals surface area contributed by atoms with Crippen LogP contribution >= 0.6 is 0 Å². The van der Waals surface area contributed by atoms with Crippen molar-refractivity contribution in [1.82, 2.24) is 5.32 Å². The summed E-state index contributed by atoms with van der Waals surface area (Å²) in [6.45, 7) is 8.65. The fourth-order valence-corrected chi connectivity index (χ4v) is 2.78. The van der Waals surface area contributed by atoms with E-state index in [1.807, 2.05) is 30.9 Å². The number of aryl methyl sites for hydroxylation is 2. The molecular formula is C15H22N2O2. The van der Waals surface area contributed by atoms with E-state index >= 15 is 0 Å². The van der Waals surface area contributed by atoms with Gasteiger partial charge in [-0.1, -0.05) is 17.7 Å². The van der Waals surface area contributed by atoms with Crippen LogP contribution in [0.4, 0.5) is 5.69 Å². The summed E-state index contributed by atoms with van der Waals surface area (Å²) in [5.74, 6) is -0.109. The molecule has 1 aliphatic rings. The summed E-state index contributed by atoms with van der Waals surface area (Å²) in [6.07, 6.45) is 0. The number of nitrogens with zero attached hydrogens (tertiary/aromatic N) is 1. The van der Waals surface area contributed by atoms with Crippen molar-refractivity contribution in [3.05, 3.63) is 29.3 Å². The number of aliphatic hydroxyl groups is 1. The van der Waals surface area contributed by atoms with Crippen molar-refractivity contribution in [2.24, 2.45) is 0 Å². The van der Waals surface area contributed by atoms with Crippen LogP contribution in [0, 0.1) is 13.8 Å². The molecular weight excluding hydrogens is 240 g/mol. The Morgan fingerprint density at radius 3 is 2.68 bits per heavy atom. The standard InChI is InChI=1S/C15H22N2O2/c1-10-5-6-12(11(2)7-10)17-13(8-18)14(19)16-9-15(17,3)4/h5-7,13,18H,8-9H2,1-4H3,(H,16,19). The van der Waals surface area contributed by atoms with Crippen LogP contribution in [0.15, 0.2) is 18.2 Å². The third kappa shape index (κ3) is 2.45. The van der Waals surface area contributed by atoms with E-state index in [0.29, 0.717) is 6.54 Å². The molecule has 4 heteroatoms. The maximum Gasteiger partial charge on any atom is 0.245 e. The van der Waals surface area contributed by atoms with E-state index in [4.69, 9.17) is 0 Å². The molecule has 2 N–H and O–H groups in total. The van der Waals surface area contributed by atoms with Gasteiger partial charge in [-0.25, -0.2) is 0 Å². The first-order valence-corrected chi connectivity index (χ1v) is 6.62. The van der Waals surface area contributed by atoms with Crippen molar-refractivity contribution in [2.75, 3.05) is 18.1 Å². The molecule has 0 spiro atoms. The average Bonchev–Trinajstić information content (AvgIpc) is 2.33. The summed E-state index contributed by atoms with van der Waals surface area (Å²) in [6, 6.07) is 5.66. The lowest BCUT2D eigenvalue weighted by atomic mass is 9.93. The second kappa shape index (κ2) is 4.85. The highest BCUT2D eigenvalue weighted by atomic mass is 16.3. The van der Waals surface area contributed by atoms with Crippen molar-refractivity contribution in [1.29, 1.82) is 0 Å². The Hall–Kier alpha value is -1.55. The molecule has 104 valence electrons. The van der Waals surface area contributed by atoms with E-state index in [1.54, 1.807) is 0 Å². The zero-order chi connectivity index (χ0) is 14.2. The molecule has 4 nitrogen and oxygen atoms in total. The van der Waals surface area contributed by atoms with Gasteiger partial charge in [0.05, 0.1) is 12.1 Å². The third-order valence-corrected chi connectivity index (χ3v) is 3.75. The molecule has 2 rings (SSSR count). The lowest BCUT2D eigenvalue weighted by molar-refractivity contribution is -0.125. The smallest absolute Gasteiger partial charge is 0.245 e. The van der Waals surface area contributed by atoms with Gasteiger partial charge < -0.3 is 15.3 Å². The van der Waals surface area contributed by atoms with Gasteiger partial charge in [0, 0.05) is 12.2 Å². The van der Waals surface area contributed by atoms with E-state index in [9.17, 15) is 9.90 Å². The van der Waals surface area contributed by atoms with Crippen LogP contribution in [0.2, 0.25) is 0 Å². The Kier molecular flexibility index (Phi) is 3.54. The number of amides is 1. The first kappa shape index (κ1) is 13.9. The van der Waals surface area contributed by atoms with Crippen molar-refractivity contribution in [3.8, 4) is 0 Å². The predicted molar refractivity (Wildman–Crippen MR) is 76.4 cm³/mol. The number of nitrogens with one attached hydrogen (secondary N) is 1. The maximum atomic E-state index is 12.0. The van der Waals surface area contributed by atoms with Crippen LogP contribution in [-0.2, 0) is 4.79 Å². The summed E-state index contributed by atoms with van der Waals surface area (Å²) in [5, 5.41) is 12.4. The van der Waals surface area contributed by atoms with Gasteiger partial charge >= 0.3 is 0 Å². The summed E-state index contributed by atoms with van der Waals surface area (Å²) >= 11 is 0. The number of benzene rings is 1. The van der Waals surface area contributed by atoms with E-state index in [2.05, 4.69) is 25.2 Å². The molecule has 19 heavy (non-hydrogen) atoms. The summed E-state index contributed by atoms with van der Waals surface area (Å²) in [5.41, 5.74) is 3.12. The molecule has 1 atom stereocenters. The molecule has 0 radical (unpaired) electrons. The molecule has 0 saturated carbocycles. The minimum Gasteiger partial charge on any atom is -0.394 e. The van der Waals surface area contributed by atoms with Crippen LogP contribution in [0.1, 0.15) is 25.0 Å². The zero-order valence-corrected chi connectivity index (χ0v) is 12.0. The van der Waals surface area contributed by atoms with E-state index < -0.39 is 6.04 Å². The molecule has 0 aliphatic carbocycles. The molecule has 1 amide bonds. The lowest BCUT2D eigenvalue weighted by Gasteiger charge is -2.48. The molecule has 1 heterocycles. The van der Waals surface area contributed by atoms with Gasteiger partial charge in [-0.2, -0.15) is 0 Å². The summed E-state index contributed by atoms with van der Waals surface area (Å²) in [4.78, 5) is 14.0. The van der Waals surface area contributed by atoms with Gasteiger partial charge in [0.2, 0.25) is 5.91 Å². The number of carbonyl (C=O) groups is 1. The highest BCUT2D eigenvalue weighted by Crippen LogP contribution is 2.32. The molecule has 1 fully saturated rings. The topological polar surface area (TPSA) is 52.6 Å². The molecule has 1 saturated heterocycles. The fourth-order valence-electron chi connectivity index (χ4n) is 2.78. The molecule has 1 aromatic rings. The first-order valence-electron chi connectivity index (χ1n) is 6.62. The van der Waals surface area contributed by atoms with Gasteiger partial charge in [0.1, 0.15) is 6.04 Å². The average molecular weight is 262 g/mol. The number of carbonyl (C=O) groups excluding carboxylic acids is 1. The Morgan fingerprint density at radius 2 is 2.11 bits per heavy atom. The van der Waals surface area contributed by atoms with E-state index in [0.717, 1.165) is 11.3 Å². The normalized spacial score (nSPS) is 22.3. The highest BCUT2D eigenvalue weighted by molar-refractivity contribution is 5.88. The second-order valence-electron chi connectivity index (χ2n) is 5.89. The number of piperazine rings is 1. The molecule has 0 bridgehead atoms. The van der Waals surface area contributed by atoms with Crippen molar-refractivity contribution >= 4 is 11.6 Å². The number of hydrogen-bond acceptors (Lipinski definition) is 3. The second-order valence-corrected chi connectivity index (χ2v) is 5.89. The SMILES string of the molecule is Cc1ccc(N2C(CO)C(=O)NCC2(C)C)c(C)c1. The van der Waals surface area contributed by atoms with Gasteiger partial charge in [0.15, 0.2) is 0 Å². The van der Waals surface area contributed by atoms with Crippen molar-refractivity contribution in [2.45, 2.75) is 39.3 Å². The minimum atomic E-state index is -0.523. The van der Waals surface area contributed by atoms with E-state index in [1.165, 1.54) is 5.56 Å². The maximum absolute atomic E-state index is 12.0. The molecule has 1 unspecified atom stereocenters. The summed E-state index contributed by atoms with van der Waals surface area (Å²) < 4.78 is 0. The molecule has 1 aliphatic heterocycles. The number of aliphatic hydroxyl groups excluding tert-OH is 1. The quantitative estimate of drug-likeness (QED) is 0.846. The zero-order valence-electron chi connectivity index (χ0n) is 12.0. The fraction of sp³-hybridized carbons (Fsp3) is 0.533. The van der Waals surface area contributed by atoms with Crippen molar-refractivity contribution in [3.63, 3.8) is 0 Å². The third-order valence-electron chi connectivity index (χ3n) is 3.75. The van der Waals surface area contributed by atoms with E-state index in [-0.39, 0.29) is 18.1 Å². The van der Waals surface area contributed by atoms with Gasteiger partial charge in [-0.05, 0) is 39.3 Å². The summed E-state index contributed by atoms with van der Waals surface area (Å²) in [7, 11) is 0. The highest BCUT2D eigenvalue weighted by Gasteiger charge is 2.41. The number of rotatable bonds is 2. The van der Waals surface area contributed by atoms with Crippen LogP contribution < -0.4 is 10.2 Å². The van der Waals surface area contributed by atoms with Crippen LogP contribution in [0.5, 0.6) is 0 Å². The number of hydrogen-bond donors (Lipinski definition) is 2. The van der Waals surface area contributed by atoms with Gasteiger partial charge in [-0.3, -0.25) is 4.79 Å². The van der Waals surface area contributed by atoms with Crippen molar-refractivity contribution < 1.29 is 9.90 Å². The lowest BCUT2D eigenvalue weighted by Crippen LogP contribution is -2.67. The van der Waals surface area contributed by atoms with Crippen LogP contribution in [0.3, 0.4) is 0 Å². The largest absolute Gasteiger partial charge is 0.394 e. The van der Waals surface area contributed by atoms with Crippen LogP contribution in [-0.4, -0.2) is 35.7 Å². The monoisotopic (exact) mass is 262 g/mol. The Bertz CT molecular complexity index is 497. The Balaban J connectivity index is 2.50. The predicted octanol–water partition coefficient (Wildman–Crippen LogP) is 1.38. The first-order chi connectivity index (χ1) is 8.86. The molecule has 0 aromatic heterocycles. The molecule has 1 aromatic carbocycles. The Morgan fingerprint density at radius 1 is 1.42 bits per heavy atom. The number of anilines is 1. The Labute approximate surface area is 114 Å². The van der Waals surface area contributed by atoms with Gasteiger partial charge in [0.25, 0.3) is 0 Å².